The normalized spacial score (nSPS) is 16.3. The van der Waals surface area contributed by atoms with Gasteiger partial charge in [-0.1, -0.05) is 50.4 Å². The zero-order valence-electron chi connectivity index (χ0n) is 14.4. The van der Waals surface area contributed by atoms with Gasteiger partial charge in [0.15, 0.2) is 0 Å². The summed E-state index contributed by atoms with van der Waals surface area (Å²) in [5.41, 5.74) is 3.42. The molecule has 1 aromatic rings. The Morgan fingerprint density at radius 3 is 2.40 bits per heavy atom. The second kappa shape index (κ2) is 8.83. The fourth-order valence-corrected chi connectivity index (χ4v) is 2.57. The summed E-state index contributed by atoms with van der Waals surface area (Å²) in [6.07, 6.45) is 7.61. The molecular weight excluding hydrogens is 316 g/mol. The zero-order valence-corrected chi connectivity index (χ0v) is 14.4. The summed E-state index contributed by atoms with van der Waals surface area (Å²) in [5, 5.41) is 0. The van der Waals surface area contributed by atoms with Crippen LogP contribution in [0.4, 0.5) is 0 Å². The molecule has 1 aliphatic carbocycles. The van der Waals surface area contributed by atoms with E-state index in [9.17, 15) is 9.59 Å². The van der Waals surface area contributed by atoms with Crippen LogP contribution < -0.4 is 0 Å². The van der Waals surface area contributed by atoms with Crippen molar-refractivity contribution in [1.82, 2.24) is 0 Å². The Bertz CT molecular complexity index is 723. The molecule has 25 heavy (non-hydrogen) atoms. The number of carbonyl (C=O) groups excluding carboxylic acids is 2. The third-order valence-corrected chi connectivity index (χ3v) is 3.97. The summed E-state index contributed by atoms with van der Waals surface area (Å²) < 4.78 is 10.2. The Labute approximate surface area is 148 Å². The summed E-state index contributed by atoms with van der Waals surface area (Å²) >= 11 is 0. The third kappa shape index (κ3) is 5.31. The fraction of sp³-hybridized carbons (Fsp3) is 0.238. The average molecular weight is 338 g/mol. The summed E-state index contributed by atoms with van der Waals surface area (Å²) in [7, 11) is 0. The molecule has 0 aliphatic heterocycles. The summed E-state index contributed by atoms with van der Waals surface area (Å²) in [6.45, 7) is 9.13. The first-order valence-corrected chi connectivity index (χ1v) is 8.17. The number of rotatable bonds is 7. The molecule has 0 bridgehead atoms. The van der Waals surface area contributed by atoms with E-state index in [1.807, 2.05) is 31.2 Å². The van der Waals surface area contributed by atoms with Crippen molar-refractivity contribution in [1.29, 1.82) is 0 Å². The topological polar surface area (TPSA) is 52.6 Å². The number of allylic oxidation sites excluding steroid dienone is 4. The molecule has 0 heterocycles. The standard InChI is InChI=1S/C21H22O4/c1-4-20(22)24-13-12-16-6-8-17(9-7-16)18-10-11-19(15(3)14-18)25-21(23)5-2/h4-11,15H,1-2,12-14H2,3H3. The molecule has 0 amide bonds. The zero-order chi connectivity index (χ0) is 18.2. The lowest BCUT2D eigenvalue weighted by Crippen LogP contribution is -2.11. The Hall–Kier alpha value is -2.88. The van der Waals surface area contributed by atoms with Gasteiger partial charge in [-0.2, -0.15) is 0 Å². The Balaban J connectivity index is 2.00. The molecule has 0 saturated heterocycles. The SMILES string of the molecule is C=CC(=O)OCCc1ccc(C2=CC=C(OC(=O)C=C)C(C)C2)cc1. The Morgan fingerprint density at radius 1 is 1.12 bits per heavy atom. The largest absolute Gasteiger partial charge is 0.462 e. The molecule has 0 radical (unpaired) electrons. The van der Waals surface area contributed by atoms with Gasteiger partial charge in [0.25, 0.3) is 0 Å². The summed E-state index contributed by atoms with van der Waals surface area (Å²) in [4.78, 5) is 22.3. The number of ether oxygens (including phenoxy) is 2. The Kier molecular flexibility index (Phi) is 6.52. The summed E-state index contributed by atoms with van der Waals surface area (Å²) in [5.74, 6) is -0.0506. The first-order valence-electron chi connectivity index (χ1n) is 8.17. The molecule has 2 rings (SSSR count). The van der Waals surface area contributed by atoms with E-state index < -0.39 is 11.9 Å². The van der Waals surface area contributed by atoms with Gasteiger partial charge in [0.2, 0.25) is 0 Å². The molecule has 0 N–H and O–H groups in total. The Morgan fingerprint density at radius 2 is 1.80 bits per heavy atom. The maximum atomic E-state index is 11.3. The van der Waals surface area contributed by atoms with E-state index in [-0.39, 0.29) is 5.92 Å². The van der Waals surface area contributed by atoms with Crippen LogP contribution in [0.3, 0.4) is 0 Å². The molecular formula is C21H22O4. The maximum Gasteiger partial charge on any atom is 0.335 e. The molecule has 0 spiro atoms. The lowest BCUT2D eigenvalue weighted by atomic mass is 9.89. The predicted molar refractivity (Wildman–Crippen MR) is 97.4 cm³/mol. The van der Waals surface area contributed by atoms with E-state index in [0.29, 0.717) is 18.8 Å². The van der Waals surface area contributed by atoms with Crippen molar-refractivity contribution in [2.45, 2.75) is 19.8 Å². The van der Waals surface area contributed by atoms with Crippen molar-refractivity contribution in [2.75, 3.05) is 6.61 Å². The minimum Gasteiger partial charge on any atom is -0.462 e. The third-order valence-electron chi connectivity index (χ3n) is 3.97. The number of carbonyl (C=O) groups is 2. The number of esters is 2. The van der Waals surface area contributed by atoms with Gasteiger partial charge in [0.1, 0.15) is 5.76 Å². The van der Waals surface area contributed by atoms with Crippen LogP contribution in [0.15, 0.2) is 67.5 Å². The lowest BCUT2D eigenvalue weighted by molar-refractivity contribution is -0.137. The molecule has 130 valence electrons. The van der Waals surface area contributed by atoms with Gasteiger partial charge in [-0.05, 0) is 29.2 Å². The van der Waals surface area contributed by atoms with Crippen molar-refractivity contribution in [3.63, 3.8) is 0 Å². The van der Waals surface area contributed by atoms with Crippen LogP contribution in [-0.2, 0) is 25.5 Å². The number of hydrogen-bond donors (Lipinski definition) is 0. The minimum absolute atomic E-state index is 0.127. The van der Waals surface area contributed by atoms with E-state index in [1.165, 1.54) is 5.57 Å². The lowest BCUT2D eigenvalue weighted by Gasteiger charge is -2.21. The highest BCUT2D eigenvalue weighted by Crippen LogP contribution is 2.31. The van der Waals surface area contributed by atoms with Crippen LogP contribution >= 0.6 is 0 Å². The van der Waals surface area contributed by atoms with E-state index in [1.54, 1.807) is 0 Å². The fourth-order valence-electron chi connectivity index (χ4n) is 2.57. The number of benzene rings is 1. The molecule has 1 unspecified atom stereocenters. The van der Waals surface area contributed by atoms with Crippen molar-refractivity contribution >= 4 is 17.5 Å². The maximum absolute atomic E-state index is 11.3. The average Bonchev–Trinajstić information content (AvgIpc) is 2.63. The van der Waals surface area contributed by atoms with Gasteiger partial charge in [0, 0.05) is 24.5 Å². The molecule has 0 fully saturated rings. The second-order valence-corrected chi connectivity index (χ2v) is 5.81. The monoisotopic (exact) mass is 338 g/mol. The number of hydrogen-bond acceptors (Lipinski definition) is 4. The molecule has 4 nitrogen and oxygen atoms in total. The van der Waals surface area contributed by atoms with Gasteiger partial charge in [-0.3, -0.25) is 0 Å². The van der Waals surface area contributed by atoms with Crippen molar-refractivity contribution < 1.29 is 19.1 Å². The molecule has 0 aromatic heterocycles. The predicted octanol–water partition coefficient (Wildman–Crippen LogP) is 3.99. The van der Waals surface area contributed by atoms with E-state index in [0.717, 1.165) is 29.7 Å². The summed E-state index contributed by atoms with van der Waals surface area (Å²) in [6, 6.07) is 8.16. The molecule has 1 aromatic carbocycles. The van der Waals surface area contributed by atoms with Crippen LogP contribution in [0.25, 0.3) is 5.57 Å². The van der Waals surface area contributed by atoms with Gasteiger partial charge in [0.05, 0.1) is 6.61 Å². The molecule has 1 atom stereocenters. The smallest absolute Gasteiger partial charge is 0.335 e. The van der Waals surface area contributed by atoms with Gasteiger partial charge >= 0.3 is 11.9 Å². The minimum atomic E-state index is -0.434. The van der Waals surface area contributed by atoms with E-state index in [4.69, 9.17) is 9.47 Å². The van der Waals surface area contributed by atoms with E-state index in [2.05, 4.69) is 25.3 Å². The van der Waals surface area contributed by atoms with Crippen LogP contribution in [0.2, 0.25) is 0 Å². The van der Waals surface area contributed by atoms with Crippen molar-refractivity contribution in [3.8, 4) is 0 Å². The highest BCUT2D eigenvalue weighted by molar-refractivity contribution is 5.82. The highest BCUT2D eigenvalue weighted by Gasteiger charge is 2.19. The highest BCUT2D eigenvalue weighted by atomic mass is 16.5. The van der Waals surface area contributed by atoms with Crippen molar-refractivity contribution in [3.05, 3.63) is 78.6 Å². The van der Waals surface area contributed by atoms with Gasteiger partial charge in [-0.15, -0.1) is 0 Å². The first kappa shape index (κ1) is 18.5. The molecule has 0 saturated carbocycles. The first-order chi connectivity index (χ1) is 12.0. The van der Waals surface area contributed by atoms with Crippen LogP contribution in [0.5, 0.6) is 0 Å². The van der Waals surface area contributed by atoms with E-state index >= 15 is 0 Å². The van der Waals surface area contributed by atoms with Crippen LogP contribution in [0.1, 0.15) is 24.5 Å². The van der Waals surface area contributed by atoms with Gasteiger partial charge < -0.3 is 9.47 Å². The van der Waals surface area contributed by atoms with Crippen LogP contribution in [0, 0.1) is 5.92 Å². The second-order valence-electron chi connectivity index (χ2n) is 5.81. The van der Waals surface area contributed by atoms with Gasteiger partial charge in [-0.25, -0.2) is 9.59 Å². The molecule has 1 aliphatic rings. The van der Waals surface area contributed by atoms with Crippen molar-refractivity contribution in [2.24, 2.45) is 5.92 Å². The van der Waals surface area contributed by atoms with Crippen LogP contribution in [-0.4, -0.2) is 18.5 Å². The molecule has 4 heteroatoms. The quantitative estimate of drug-likeness (QED) is 0.557.